The maximum atomic E-state index is 5.42. The third-order valence-corrected chi connectivity index (χ3v) is 2.92. The predicted octanol–water partition coefficient (Wildman–Crippen LogP) is 1.70. The normalized spacial score (nSPS) is 20.8. The van der Waals surface area contributed by atoms with E-state index in [-0.39, 0.29) is 0 Å². The Morgan fingerprint density at radius 1 is 1.44 bits per heavy atom. The Labute approximate surface area is 97.2 Å². The van der Waals surface area contributed by atoms with Crippen LogP contribution in [0.1, 0.15) is 11.1 Å². The lowest BCUT2D eigenvalue weighted by Gasteiger charge is -2.24. The molecule has 0 bridgehead atoms. The summed E-state index contributed by atoms with van der Waals surface area (Å²) >= 11 is 0. The quantitative estimate of drug-likeness (QED) is 0.813. The van der Waals surface area contributed by atoms with Crippen LogP contribution in [0, 0.1) is 13.8 Å². The molecule has 0 amide bonds. The number of benzene rings is 1. The summed E-state index contributed by atoms with van der Waals surface area (Å²) < 4.78 is 5.42. The van der Waals surface area contributed by atoms with Gasteiger partial charge in [0.1, 0.15) is 0 Å². The molecule has 1 atom stereocenters. The number of anilines is 1. The summed E-state index contributed by atoms with van der Waals surface area (Å²) in [4.78, 5) is 0. The minimum Gasteiger partial charge on any atom is -0.383 e. The summed E-state index contributed by atoms with van der Waals surface area (Å²) in [5.41, 5.74) is 3.83. The van der Waals surface area contributed by atoms with Crippen LogP contribution >= 0.6 is 0 Å². The Hall–Kier alpha value is -1.06. The number of hydrogen-bond acceptors (Lipinski definition) is 3. The van der Waals surface area contributed by atoms with Gasteiger partial charge in [-0.1, -0.05) is 17.7 Å². The van der Waals surface area contributed by atoms with Gasteiger partial charge in [0, 0.05) is 24.8 Å². The lowest BCUT2D eigenvalue weighted by molar-refractivity contribution is 0.0806. The van der Waals surface area contributed by atoms with Crippen molar-refractivity contribution in [2.75, 3.05) is 31.6 Å². The van der Waals surface area contributed by atoms with Gasteiger partial charge in [-0.3, -0.25) is 0 Å². The second kappa shape index (κ2) is 5.32. The van der Waals surface area contributed by atoms with Crippen molar-refractivity contribution in [2.45, 2.75) is 19.9 Å². The zero-order chi connectivity index (χ0) is 11.4. The van der Waals surface area contributed by atoms with Crippen molar-refractivity contribution in [1.82, 2.24) is 5.32 Å². The molecule has 3 heteroatoms. The molecule has 0 aromatic heterocycles. The van der Waals surface area contributed by atoms with Crippen LogP contribution in [0.25, 0.3) is 0 Å². The molecule has 0 spiro atoms. The van der Waals surface area contributed by atoms with Crippen molar-refractivity contribution >= 4 is 5.69 Å². The minimum absolute atomic E-state index is 0.425. The third-order valence-electron chi connectivity index (χ3n) is 2.92. The molecule has 0 saturated carbocycles. The van der Waals surface area contributed by atoms with E-state index in [9.17, 15) is 0 Å². The van der Waals surface area contributed by atoms with Gasteiger partial charge >= 0.3 is 0 Å². The molecule has 3 nitrogen and oxygen atoms in total. The number of hydrogen-bond donors (Lipinski definition) is 2. The topological polar surface area (TPSA) is 33.3 Å². The molecule has 2 rings (SSSR count). The van der Waals surface area contributed by atoms with E-state index in [4.69, 9.17) is 4.74 Å². The molecule has 1 aliphatic rings. The molecule has 0 aliphatic carbocycles. The van der Waals surface area contributed by atoms with Gasteiger partial charge in [-0.15, -0.1) is 0 Å². The number of nitrogens with one attached hydrogen (secondary N) is 2. The molecule has 88 valence electrons. The van der Waals surface area contributed by atoms with E-state index in [1.165, 1.54) is 16.8 Å². The van der Waals surface area contributed by atoms with E-state index in [0.29, 0.717) is 6.04 Å². The number of aryl methyl sites for hydroxylation is 2. The van der Waals surface area contributed by atoms with Crippen LogP contribution in [-0.4, -0.2) is 32.3 Å². The second-order valence-corrected chi connectivity index (χ2v) is 4.43. The second-order valence-electron chi connectivity index (χ2n) is 4.43. The first-order chi connectivity index (χ1) is 7.75. The molecule has 2 N–H and O–H groups in total. The molecular weight excluding hydrogens is 200 g/mol. The Bertz CT molecular complexity index is 346. The van der Waals surface area contributed by atoms with Gasteiger partial charge in [0.05, 0.1) is 13.2 Å². The maximum absolute atomic E-state index is 5.42. The Kier molecular flexibility index (Phi) is 3.80. The number of rotatable bonds is 3. The van der Waals surface area contributed by atoms with Crippen LogP contribution in [0.3, 0.4) is 0 Å². The van der Waals surface area contributed by atoms with Gasteiger partial charge in [0.15, 0.2) is 0 Å². The van der Waals surface area contributed by atoms with Crippen LogP contribution in [0.5, 0.6) is 0 Å². The molecule has 1 fully saturated rings. The number of morpholine rings is 1. The van der Waals surface area contributed by atoms with E-state index in [2.05, 4.69) is 42.7 Å². The number of ether oxygens (including phenoxy) is 1. The zero-order valence-electron chi connectivity index (χ0n) is 10.0. The van der Waals surface area contributed by atoms with Crippen LogP contribution in [0.15, 0.2) is 18.2 Å². The highest BCUT2D eigenvalue weighted by atomic mass is 16.5. The SMILES string of the molecule is Cc1ccc(NCC2COCCN2)c(C)c1. The van der Waals surface area contributed by atoms with E-state index < -0.39 is 0 Å². The largest absolute Gasteiger partial charge is 0.383 e. The van der Waals surface area contributed by atoms with Crippen molar-refractivity contribution in [2.24, 2.45) is 0 Å². The first-order valence-corrected chi connectivity index (χ1v) is 5.88. The van der Waals surface area contributed by atoms with Gasteiger partial charge < -0.3 is 15.4 Å². The smallest absolute Gasteiger partial charge is 0.0637 e. The Morgan fingerprint density at radius 2 is 2.31 bits per heavy atom. The maximum Gasteiger partial charge on any atom is 0.0637 e. The van der Waals surface area contributed by atoms with Gasteiger partial charge in [0.2, 0.25) is 0 Å². The third kappa shape index (κ3) is 2.97. The van der Waals surface area contributed by atoms with Gasteiger partial charge in [-0.05, 0) is 25.5 Å². The van der Waals surface area contributed by atoms with E-state index in [1.807, 2.05) is 0 Å². The molecule has 1 unspecified atom stereocenters. The van der Waals surface area contributed by atoms with E-state index in [1.54, 1.807) is 0 Å². The molecular formula is C13H20N2O. The van der Waals surface area contributed by atoms with Gasteiger partial charge in [-0.25, -0.2) is 0 Å². The fourth-order valence-corrected chi connectivity index (χ4v) is 2.00. The lowest BCUT2D eigenvalue weighted by atomic mass is 10.1. The van der Waals surface area contributed by atoms with Gasteiger partial charge in [-0.2, -0.15) is 0 Å². The summed E-state index contributed by atoms with van der Waals surface area (Å²) in [7, 11) is 0. The van der Waals surface area contributed by atoms with Crippen molar-refractivity contribution in [1.29, 1.82) is 0 Å². The Balaban J connectivity index is 1.88. The highest BCUT2D eigenvalue weighted by Crippen LogP contribution is 2.15. The molecule has 1 aromatic rings. The summed E-state index contributed by atoms with van der Waals surface area (Å²) in [5.74, 6) is 0. The monoisotopic (exact) mass is 220 g/mol. The molecule has 0 radical (unpaired) electrons. The molecule has 1 saturated heterocycles. The lowest BCUT2D eigenvalue weighted by Crippen LogP contribution is -2.45. The first kappa shape index (κ1) is 11.4. The summed E-state index contributed by atoms with van der Waals surface area (Å²) in [6, 6.07) is 6.91. The first-order valence-electron chi connectivity index (χ1n) is 5.88. The summed E-state index contributed by atoms with van der Waals surface area (Å²) in [6.07, 6.45) is 0. The molecule has 1 aliphatic heterocycles. The van der Waals surface area contributed by atoms with Crippen molar-refractivity contribution < 1.29 is 4.74 Å². The van der Waals surface area contributed by atoms with E-state index >= 15 is 0 Å². The average molecular weight is 220 g/mol. The molecule has 1 heterocycles. The highest BCUT2D eigenvalue weighted by Gasteiger charge is 2.12. The van der Waals surface area contributed by atoms with Crippen molar-refractivity contribution in [3.05, 3.63) is 29.3 Å². The fraction of sp³-hybridized carbons (Fsp3) is 0.538. The van der Waals surface area contributed by atoms with Crippen molar-refractivity contribution in [3.63, 3.8) is 0 Å². The average Bonchev–Trinajstić information content (AvgIpc) is 2.29. The van der Waals surface area contributed by atoms with Crippen LogP contribution in [0.2, 0.25) is 0 Å². The molecule has 16 heavy (non-hydrogen) atoms. The fourth-order valence-electron chi connectivity index (χ4n) is 2.00. The summed E-state index contributed by atoms with van der Waals surface area (Å²) in [5, 5.41) is 6.90. The van der Waals surface area contributed by atoms with Gasteiger partial charge in [0.25, 0.3) is 0 Å². The summed E-state index contributed by atoms with van der Waals surface area (Å²) in [6.45, 7) is 7.77. The standard InChI is InChI=1S/C13H20N2O/c1-10-3-4-13(11(2)7-10)15-8-12-9-16-6-5-14-12/h3-4,7,12,14-15H,5-6,8-9H2,1-2H3. The Morgan fingerprint density at radius 3 is 3.00 bits per heavy atom. The highest BCUT2D eigenvalue weighted by molar-refractivity contribution is 5.51. The van der Waals surface area contributed by atoms with Crippen molar-refractivity contribution in [3.8, 4) is 0 Å². The predicted molar refractivity (Wildman–Crippen MR) is 67.0 cm³/mol. The van der Waals surface area contributed by atoms with Crippen LogP contribution in [-0.2, 0) is 4.74 Å². The minimum atomic E-state index is 0.425. The molecule has 1 aromatic carbocycles. The van der Waals surface area contributed by atoms with Crippen LogP contribution in [0.4, 0.5) is 5.69 Å². The zero-order valence-corrected chi connectivity index (χ0v) is 10.0. The van der Waals surface area contributed by atoms with E-state index in [0.717, 1.165) is 26.3 Å². The van der Waals surface area contributed by atoms with Crippen LogP contribution < -0.4 is 10.6 Å².